The normalized spacial score (nSPS) is 11.5. The van der Waals surface area contributed by atoms with Crippen LogP contribution in [0.1, 0.15) is 40.0 Å². The number of rotatable bonds is 5. The molecule has 0 radical (unpaired) electrons. The molecule has 0 fully saturated rings. The molecule has 12 heavy (non-hydrogen) atoms. The fourth-order valence-electron chi connectivity index (χ4n) is 0.953. The van der Waals surface area contributed by atoms with Gasteiger partial charge in [-0.05, 0) is 40.0 Å². The van der Waals surface area contributed by atoms with E-state index in [1.165, 1.54) is 30.4 Å². The first-order chi connectivity index (χ1) is 5.66. The second kappa shape index (κ2) is 7.60. The van der Waals surface area contributed by atoms with Crippen molar-refractivity contribution in [1.82, 2.24) is 0 Å². The fourth-order valence-corrected chi connectivity index (χ4v) is 1.58. The van der Waals surface area contributed by atoms with E-state index in [4.69, 9.17) is 0 Å². The number of unbranched alkanes of at least 4 members (excludes halogenated alkanes) is 1. The van der Waals surface area contributed by atoms with Crippen molar-refractivity contribution >= 4 is 15.9 Å². The average molecular weight is 231 g/mol. The summed E-state index contributed by atoms with van der Waals surface area (Å²) in [7, 11) is 0. The summed E-state index contributed by atoms with van der Waals surface area (Å²) in [5.74, 6) is 0. The molecular formula is C11H19Br. The number of hydrogen-bond acceptors (Lipinski definition) is 0. The van der Waals surface area contributed by atoms with E-state index in [0.717, 1.165) is 5.33 Å². The largest absolute Gasteiger partial charge is 0.0925 e. The van der Waals surface area contributed by atoms with Crippen LogP contribution in [0.25, 0.3) is 0 Å². The van der Waals surface area contributed by atoms with Gasteiger partial charge in [-0.2, -0.15) is 0 Å². The number of allylic oxidation sites excluding steroid dienone is 4. The van der Waals surface area contributed by atoms with Crippen LogP contribution in [0, 0.1) is 0 Å². The van der Waals surface area contributed by atoms with E-state index in [9.17, 15) is 0 Å². The lowest BCUT2D eigenvalue weighted by Gasteiger charge is -1.96. The number of halogens is 1. The van der Waals surface area contributed by atoms with Gasteiger partial charge in [-0.3, -0.25) is 0 Å². The molecule has 0 bridgehead atoms. The zero-order valence-electron chi connectivity index (χ0n) is 8.36. The lowest BCUT2D eigenvalue weighted by Crippen LogP contribution is -1.78. The van der Waals surface area contributed by atoms with Crippen molar-refractivity contribution in [3.63, 3.8) is 0 Å². The molecule has 0 unspecified atom stereocenters. The third-order valence-corrected chi connectivity index (χ3v) is 2.10. The predicted octanol–water partition coefficient (Wildman–Crippen LogP) is 4.46. The van der Waals surface area contributed by atoms with Crippen LogP contribution in [0.2, 0.25) is 0 Å². The van der Waals surface area contributed by atoms with E-state index < -0.39 is 0 Å². The van der Waals surface area contributed by atoms with E-state index >= 15 is 0 Å². The number of alkyl halides is 1. The van der Waals surface area contributed by atoms with E-state index in [2.05, 4.69) is 48.9 Å². The summed E-state index contributed by atoms with van der Waals surface area (Å²) in [6.07, 6.45) is 8.17. The molecule has 0 atom stereocenters. The Morgan fingerprint density at radius 2 is 1.67 bits per heavy atom. The Hall–Kier alpha value is -0.0400. The summed E-state index contributed by atoms with van der Waals surface area (Å²) in [6, 6.07) is 0. The molecule has 0 heterocycles. The first-order valence-corrected chi connectivity index (χ1v) is 5.64. The average Bonchev–Trinajstić information content (AvgIpc) is 1.98. The van der Waals surface area contributed by atoms with Crippen LogP contribution >= 0.6 is 15.9 Å². The molecule has 0 N–H and O–H groups in total. The Bertz CT molecular complexity index is 162. The van der Waals surface area contributed by atoms with Gasteiger partial charge in [-0.15, -0.1) is 0 Å². The topological polar surface area (TPSA) is 0 Å². The van der Waals surface area contributed by atoms with E-state index in [1.807, 2.05) is 0 Å². The van der Waals surface area contributed by atoms with Gasteiger partial charge in [0.15, 0.2) is 0 Å². The van der Waals surface area contributed by atoms with Gasteiger partial charge in [-0.25, -0.2) is 0 Å². The number of hydrogen-bond donors (Lipinski definition) is 0. The minimum absolute atomic E-state index is 1.08. The molecule has 0 amide bonds. The van der Waals surface area contributed by atoms with Crippen LogP contribution in [0.15, 0.2) is 23.3 Å². The molecule has 0 aliphatic heterocycles. The molecule has 0 aromatic rings. The van der Waals surface area contributed by atoms with Crippen LogP contribution in [0.4, 0.5) is 0 Å². The van der Waals surface area contributed by atoms with Gasteiger partial charge in [0.1, 0.15) is 0 Å². The minimum Gasteiger partial charge on any atom is -0.0925 e. The molecule has 0 nitrogen and oxygen atoms in total. The Kier molecular flexibility index (Phi) is 7.58. The second-order valence-electron chi connectivity index (χ2n) is 3.35. The third kappa shape index (κ3) is 8.06. The summed E-state index contributed by atoms with van der Waals surface area (Å²) >= 11 is 3.43. The fraction of sp³-hybridized carbons (Fsp3) is 0.636. The smallest absolute Gasteiger partial charge is 0.00684 e. The van der Waals surface area contributed by atoms with Gasteiger partial charge in [0.2, 0.25) is 0 Å². The Morgan fingerprint density at radius 1 is 1.08 bits per heavy atom. The molecule has 0 spiro atoms. The van der Waals surface area contributed by atoms with Crippen molar-refractivity contribution in [2.24, 2.45) is 0 Å². The molecule has 0 saturated carbocycles. The molecule has 70 valence electrons. The first-order valence-electron chi connectivity index (χ1n) is 4.51. The summed E-state index contributed by atoms with van der Waals surface area (Å²) < 4.78 is 0. The highest BCUT2D eigenvalue weighted by atomic mass is 79.9. The lowest BCUT2D eigenvalue weighted by molar-refractivity contribution is 0.994. The predicted molar refractivity (Wildman–Crippen MR) is 60.8 cm³/mol. The van der Waals surface area contributed by atoms with E-state index in [-0.39, 0.29) is 0 Å². The van der Waals surface area contributed by atoms with E-state index in [0.29, 0.717) is 0 Å². The van der Waals surface area contributed by atoms with Crippen molar-refractivity contribution in [2.75, 3.05) is 5.33 Å². The van der Waals surface area contributed by atoms with Gasteiger partial charge in [-0.1, -0.05) is 39.2 Å². The lowest BCUT2D eigenvalue weighted by atomic mass is 10.1. The molecule has 0 rings (SSSR count). The Balaban J connectivity index is 3.53. The molecular weight excluding hydrogens is 212 g/mol. The first kappa shape index (κ1) is 12.0. The maximum absolute atomic E-state index is 3.43. The molecule has 1 heteroatoms. The molecule has 0 aromatic heterocycles. The molecule has 0 aliphatic rings. The monoisotopic (exact) mass is 230 g/mol. The maximum atomic E-state index is 3.43. The summed E-state index contributed by atoms with van der Waals surface area (Å²) in [5, 5.41) is 1.08. The van der Waals surface area contributed by atoms with Crippen molar-refractivity contribution in [1.29, 1.82) is 0 Å². The van der Waals surface area contributed by atoms with Gasteiger partial charge >= 0.3 is 0 Å². The molecule has 0 aromatic carbocycles. The highest BCUT2D eigenvalue weighted by molar-refractivity contribution is 9.09. The van der Waals surface area contributed by atoms with Crippen molar-refractivity contribution < 1.29 is 0 Å². The second-order valence-corrected chi connectivity index (χ2v) is 4.14. The van der Waals surface area contributed by atoms with Gasteiger partial charge in [0.05, 0.1) is 0 Å². The summed E-state index contributed by atoms with van der Waals surface area (Å²) in [5.41, 5.74) is 2.91. The quantitative estimate of drug-likeness (QED) is 0.372. The molecule has 0 saturated heterocycles. The van der Waals surface area contributed by atoms with Crippen LogP contribution < -0.4 is 0 Å². The van der Waals surface area contributed by atoms with Crippen molar-refractivity contribution in [3.8, 4) is 0 Å². The third-order valence-electron chi connectivity index (χ3n) is 1.70. The zero-order valence-corrected chi connectivity index (χ0v) is 9.95. The molecule has 0 aliphatic carbocycles. The zero-order chi connectivity index (χ0) is 9.40. The maximum Gasteiger partial charge on any atom is 0.00684 e. The summed E-state index contributed by atoms with van der Waals surface area (Å²) in [6.45, 7) is 6.49. The van der Waals surface area contributed by atoms with Crippen LogP contribution in [-0.4, -0.2) is 5.33 Å². The Labute approximate surface area is 84.9 Å². The highest BCUT2D eigenvalue weighted by Crippen LogP contribution is 2.06. The van der Waals surface area contributed by atoms with Gasteiger partial charge in [0.25, 0.3) is 0 Å². The van der Waals surface area contributed by atoms with Crippen molar-refractivity contribution in [2.45, 2.75) is 40.0 Å². The van der Waals surface area contributed by atoms with Gasteiger partial charge in [0, 0.05) is 5.33 Å². The van der Waals surface area contributed by atoms with Gasteiger partial charge < -0.3 is 0 Å². The highest BCUT2D eigenvalue weighted by Gasteiger charge is 1.86. The van der Waals surface area contributed by atoms with Crippen LogP contribution in [-0.2, 0) is 0 Å². The Morgan fingerprint density at radius 3 is 2.17 bits per heavy atom. The minimum atomic E-state index is 1.08. The van der Waals surface area contributed by atoms with Crippen LogP contribution in [0.3, 0.4) is 0 Å². The van der Waals surface area contributed by atoms with E-state index in [1.54, 1.807) is 0 Å². The van der Waals surface area contributed by atoms with Crippen LogP contribution in [0.5, 0.6) is 0 Å². The standard InChI is InChI=1S/C11H19Br/c1-10(2)6-4-5-7-11(3)8-9-12/h6-7H,4-5,8-9H2,1-3H3. The SMILES string of the molecule is CC(C)=CCCC=C(C)CCBr. The van der Waals surface area contributed by atoms with Crippen molar-refractivity contribution in [3.05, 3.63) is 23.3 Å². The summed E-state index contributed by atoms with van der Waals surface area (Å²) in [4.78, 5) is 0.